The second kappa shape index (κ2) is 5.21. The monoisotopic (exact) mass is 262 g/mol. The van der Waals surface area contributed by atoms with Crippen LogP contribution in [0.2, 0.25) is 0 Å². The molecule has 0 saturated heterocycles. The van der Waals surface area contributed by atoms with E-state index in [-0.39, 0.29) is 0 Å². The Morgan fingerprint density at radius 3 is 2.47 bits per heavy atom. The molecule has 0 heterocycles. The number of hydrogen-bond acceptors (Lipinski definition) is 3. The minimum Gasteiger partial charge on any atom is -0.444 e. The molecule has 4 nitrogen and oxygen atoms in total. The number of carbonyl (C=O) groups is 1. The number of carbonyl (C=O) groups excluding carboxylic acids is 1. The van der Waals surface area contributed by atoms with E-state index in [0.717, 1.165) is 12.2 Å². The SMILES string of the molecule is CC(C)(C)OC(=O)Nc1ccc(C2CC2CN)cc1. The molecular formula is C15H22N2O2. The minimum atomic E-state index is -0.480. The van der Waals surface area contributed by atoms with E-state index in [4.69, 9.17) is 10.5 Å². The van der Waals surface area contributed by atoms with E-state index in [0.29, 0.717) is 11.8 Å². The molecule has 2 atom stereocenters. The summed E-state index contributed by atoms with van der Waals surface area (Å²) in [6.45, 7) is 6.28. The van der Waals surface area contributed by atoms with Gasteiger partial charge >= 0.3 is 6.09 Å². The first kappa shape index (κ1) is 13.9. The largest absolute Gasteiger partial charge is 0.444 e. The highest BCUT2D eigenvalue weighted by Crippen LogP contribution is 2.46. The van der Waals surface area contributed by atoms with Gasteiger partial charge in [0.1, 0.15) is 5.60 Å². The maximum atomic E-state index is 11.6. The van der Waals surface area contributed by atoms with Gasteiger partial charge in [0.05, 0.1) is 0 Å². The van der Waals surface area contributed by atoms with E-state index >= 15 is 0 Å². The molecule has 1 aromatic carbocycles. The number of hydrogen-bond donors (Lipinski definition) is 2. The molecule has 0 aliphatic heterocycles. The number of nitrogens with two attached hydrogens (primary N) is 1. The average Bonchev–Trinajstić information content (AvgIpc) is 3.06. The van der Waals surface area contributed by atoms with Crippen LogP contribution < -0.4 is 11.1 Å². The summed E-state index contributed by atoms with van der Waals surface area (Å²) in [7, 11) is 0. The second-order valence-electron chi connectivity index (χ2n) is 6.09. The lowest BCUT2D eigenvalue weighted by atomic mass is 10.1. The number of rotatable bonds is 3. The number of amides is 1. The van der Waals surface area contributed by atoms with Crippen molar-refractivity contribution >= 4 is 11.8 Å². The molecule has 1 amide bonds. The minimum absolute atomic E-state index is 0.425. The van der Waals surface area contributed by atoms with Crippen molar-refractivity contribution in [1.29, 1.82) is 0 Å². The Morgan fingerprint density at radius 1 is 1.37 bits per heavy atom. The molecule has 0 bridgehead atoms. The van der Waals surface area contributed by atoms with Crippen molar-refractivity contribution in [2.45, 2.75) is 38.7 Å². The summed E-state index contributed by atoms with van der Waals surface area (Å²) >= 11 is 0. The molecule has 2 rings (SSSR count). The molecule has 104 valence electrons. The quantitative estimate of drug-likeness (QED) is 0.879. The lowest BCUT2D eigenvalue weighted by Crippen LogP contribution is -2.27. The van der Waals surface area contributed by atoms with Crippen LogP contribution in [0.3, 0.4) is 0 Å². The second-order valence-corrected chi connectivity index (χ2v) is 6.09. The zero-order chi connectivity index (χ0) is 14.0. The summed E-state index contributed by atoms with van der Waals surface area (Å²) in [4.78, 5) is 11.6. The van der Waals surface area contributed by atoms with Crippen LogP contribution in [-0.2, 0) is 4.74 Å². The van der Waals surface area contributed by atoms with Crippen molar-refractivity contribution in [3.05, 3.63) is 29.8 Å². The van der Waals surface area contributed by atoms with Gasteiger partial charge in [0, 0.05) is 5.69 Å². The van der Waals surface area contributed by atoms with Crippen molar-refractivity contribution in [3.63, 3.8) is 0 Å². The first-order valence-corrected chi connectivity index (χ1v) is 6.69. The topological polar surface area (TPSA) is 64.3 Å². The molecule has 1 aromatic rings. The number of nitrogens with one attached hydrogen (secondary N) is 1. The van der Waals surface area contributed by atoms with E-state index in [1.807, 2.05) is 45.0 Å². The van der Waals surface area contributed by atoms with E-state index in [1.54, 1.807) is 0 Å². The molecule has 4 heteroatoms. The van der Waals surface area contributed by atoms with Gasteiger partial charge < -0.3 is 10.5 Å². The van der Waals surface area contributed by atoms with Gasteiger partial charge in [0.25, 0.3) is 0 Å². The molecule has 2 unspecified atom stereocenters. The van der Waals surface area contributed by atoms with Crippen LogP contribution in [0.5, 0.6) is 0 Å². The zero-order valence-electron chi connectivity index (χ0n) is 11.8. The van der Waals surface area contributed by atoms with Crippen LogP contribution in [0, 0.1) is 5.92 Å². The van der Waals surface area contributed by atoms with Gasteiger partial charge in [-0.3, -0.25) is 5.32 Å². The summed E-state index contributed by atoms with van der Waals surface area (Å²) in [5, 5.41) is 2.72. The van der Waals surface area contributed by atoms with Crippen LogP contribution in [0.15, 0.2) is 24.3 Å². The maximum absolute atomic E-state index is 11.6. The summed E-state index contributed by atoms with van der Waals surface area (Å²) in [5.41, 5.74) is 7.21. The molecule has 3 N–H and O–H groups in total. The third kappa shape index (κ3) is 3.96. The zero-order valence-corrected chi connectivity index (χ0v) is 11.8. The van der Waals surface area contributed by atoms with Crippen molar-refractivity contribution < 1.29 is 9.53 Å². The number of anilines is 1. The first-order chi connectivity index (χ1) is 8.89. The van der Waals surface area contributed by atoms with Gasteiger partial charge in [-0.25, -0.2) is 4.79 Å². The predicted molar refractivity (Wildman–Crippen MR) is 76.2 cm³/mol. The number of benzene rings is 1. The van der Waals surface area contributed by atoms with E-state index < -0.39 is 11.7 Å². The van der Waals surface area contributed by atoms with Gasteiger partial charge in [-0.1, -0.05) is 12.1 Å². The normalized spacial score (nSPS) is 21.9. The van der Waals surface area contributed by atoms with Crippen LogP contribution in [0.4, 0.5) is 10.5 Å². The van der Waals surface area contributed by atoms with E-state index in [1.165, 1.54) is 12.0 Å². The predicted octanol–water partition coefficient (Wildman–Crippen LogP) is 3.10. The maximum Gasteiger partial charge on any atom is 0.412 e. The Balaban J connectivity index is 1.90. The Kier molecular flexibility index (Phi) is 3.80. The van der Waals surface area contributed by atoms with Gasteiger partial charge in [-0.15, -0.1) is 0 Å². The molecular weight excluding hydrogens is 240 g/mol. The Bertz CT molecular complexity index is 448. The summed E-state index contributed by atoms with van der Waals surface area (Å²) in [6, 6.07) is 7.91. The molecule has 1 aliphatic rings. The Labute approximate surface area is 114 Å². The fourth-order valence-electron chi connectivity index (χ4n) is 2.15. The summed E-state index contributed by atoms with van der Waals surface area (Å²) in [6.07, 6.45) is 0.751. The van der Waals surface area contributed by atoms with Gasteiger partial charge in [-0.2, -0.15) is 0 Å². The molecule has 0 aromatic heterocycles. The highest BCUT2D eigenvalue weighted by atomic mass is 16.6. The fraction of sp³-hybridized carbons (Fsp3) is 0.533. The number of ether oxygens (including phenoxy) is 1. The standard InChI is InChI=1S/C15H22N2O2/c1-15(2,3)19-14(18)17-12-6-4-10(5-7-12)13-8-11(13)9-16/h4-7,11,13H,8-9,16H2,1-3H3,(H,17,18). The van der Waals surface area contributed by atoms with E-state index in [9.17, 15) is 4.79 Å². The van der Waals surface area contributed by atoms with Gasteiger partial charge in [0.2, 0.25) is 0 Å². The van der Waals surface area contributed by atoms with Crippen LogP contribution in [0.25, 0.3) is 0 Å². The van der Waals surface area contributed by atoms with Crippen LogP contribution in [0.1, 0.15) is 38.7 Å². The summed E-state index contributed by atoms with van der Waals surface area (Å²) in [5.74, 6) is 1.23. The Morgan fingerprint density at radius 2 is 2.00 bits per heavy atom. The van der Waals surface area contributed by atoms with Crippen molar-refractivity contribution in [2.24, 2.45) is 11.7 Å². The van der Waals surface area contributed by atoms with Crippen molar-refractivity contribution in [3.8, 4) is 0 Å². The molecule has 1 saturated carbocycles. The molecule has 0 radical (unpaired) electrons. The third-order valence-corrected chi connectivity index (χ3v) is 3.21. The molecule has 1 fully saturated rings. The highest BCUT2D eigenvalue weighted by Gasteiger charge is 2.36. The van der Waals surface area contributed by atoms with Crippen LogP contribution in [-0.4, -0.2) is 18.2 Å². The Hall–Kier alpha value is -1.55. The average molecular weight is 262 g/mol. The van der Waals surface area contributed by atoms with Crippen molar-refractivity contribution in [1.82, 2.24) is 0 Å². The fourth-order valence-corrected chi connectivity index (χ4v) is 2.15. The molecule has 1 aliphatic carbocycles. The van der Waals surface area contributed by atoms with Crippen LogP contribution >= 0.6 is 0 Å². The first-order valence-electron chi connectivity index (χ1n) is 6.69. The molecule has 0 spiro atoms. The smallest absolute Gasteiger partial charge is 0.412 e. The lowest BCUT2D eigenvalue weighted by molar-refractivity contribution is 0.0636. The van der Waals surface area contributed by atoms with Crippen molar-refractivity contribution in [2.75, 3.05) is 11.9 Å². The van der Waals surface area contributed by atoms with Gasteiger partial charge in [0.15, 0.2) is 0 Å². The third-order valence-electron chi connectivity index (χ3n) is 3.21. The van der Waals surface area contributed by atoms with E-state index in [2.05, 4.69) is 5.32 Å². The lowest BCUT2D eigenvalue weighted by Gasteiger charge is -2.19. The highest BCUT2D eigenvalue weighted by molar-refractivity contribution is 5.84. The molecule has 19 heavy (non-hydrogen) atoms. The van der Waals surface area contributed by atoms with Gasteiger partial charge in [-0.05, 0) is 63.3 Å². The summed E-state index contributed by atoms with van der Waals surface area (Å²) < 4.78 is 5.20.